The van der Waals surface area contributed by atoms with Crippen molar-refractivity contribution in [1.29, 1.82) is 0 Å². The molecule has 3 rings (SSSR count). The minimum absolute atomic E-state index is 0.104. The first-order chi connectivity index (χ1) is 14.3. The van der Waals surface area contributed by atoms with Crippen molar-refractivity contribution in [2.75, 3.05) is 31.6 Å². The Labute approximate surface area is 174 Å². The molecule has 0 aliphatic carbocycles. The average molecular weight is 421 g/mol. The Kier molecular flexibility index (Phi) is 7.33. The highest BCUT2D eigenvalue weighted by atomic mass is 19.4. The normalized spacial score (nSPS) is 17.5. The second-order valence-electron chi connectivity index (χ2n) is 7.45. The third-order valence-electron chi connectivity index (χ3n) is 4.86. The molecule has 1 heterocycles. The van der Waals surface area contributed by atoms with Crippen LogP contribution in [0.3, 0.4) is 0 Å². The van der Waals surface area contributed by atoms with Crippen molar-refractivity contribution in [3.8, 4) is 0 Å². The summed E-state index contributed by atoms with van der Waals surface area (Å²) in [7, 11) is 0. The maximum atomic E-state index is 12.8. The number of rotatable bonds is 7. The zero-order valence-electron chi connectivity index (χ0n) is 16.8. The molecule has 1 amide bonds. The highest BCUT2D eigenvalue weighted by molar-refractivity contribution is 5.80. The lowest BCUT2D eigenvalue weighted by molar-refractivity contribution is -0.137. The molecule has 1 fully saturated rings. The lowest BCUT2D eigenvalue weighted by atomic mass is 10.1. The van der Waals surface area contributed by atoms with Crippen molar-refractivity contribution in [3.63, 3.8) is 0 Å². The summed E-state index contributed by atoms with van der Waals surface area (Å²) < 4.78 is 43.8. The molecule has 2 N–H and O–H groups in total. The van der Waals surface area contributed by atoms with Gasteiger partial charge in [-0.1, -0.05) is 30.3 Å². The number of carbonyl (C=O) groups is 1. The average Bonchev–Trinajstić information content (AvgIpc) is 2.71. The molecule has 30 heavy (non-hydrogen) atoms. The van der Waals surface area contributed by atoms with Gasteiger partial charge in [-0.15, -0.1) is 0 Å². The van der Waals surface area contributed by atoms with Crippen molar-refractivity contribution in [3.05, 3.63) is 65.2 Å². The molecule has 2 aromatic carbocycles. The van der Waals surface area contributed by atoms with E-state index < -0.39 is 11.7 Å². The number of anilines is 1. The minimum atomic E-state index is -4.41. The highest BCUT2D eigenvalue weighted by Gasteiger charge is 2.30. The Morgan fingerprint density at radius 2 is 1.93 bits per heavy atom. The number of hydrogen-bond donors (Lipinski definition) is 2. The van der Waals surface area contributed by atoms with E-state index in [0.29, 0.717) is 6.54 Å². The molecule has 0 aromatic heterocycles. The molecule has 0 spiro atoms. The molecule has 162 valence electrons. The third kappa shape index (κ3) is 6.74. The van der Waals surface area contributed by atoms with Gasteiger partial charge in [0.1, 0.15) is 0 Å². The van der Waals surface area contributed by atoms with Gasteiger partial charge in [0.15, 0.2) is 0 Å². The zero-order valence-corrected chi connectivity index (χ0v) is 16.8. The van der Waals surface area contributed by atoms with Crippen molar-refractivity contribution >= 4 is 11.6 Å². The number of ether oxygens (including phenoxy) is 1. The SMILES string of the molecule is CC1CN(Cc2cccc(CNC(=O)CNc3cccc(C(F)(F)F)c3)c2)CCO1. The van der Waals surface area contributed by atoms with E-state index >= 15 is 0 Å². The molecular weight excluding hydrogens is 395 g/mol. The molecular formula is C22H26F3N3O2. The highest BCUT2D eigenvalue weighted by Crippen LogP contribution is 2.30. The van der Waals surface area contributed by atoms with Gasteiger partial charge < -0.3 is 15.4 Å². The summed E-state index contributed by atoms with van der Waals surface area (Å²) in [6.45, 7) is 5.66. The largest absolute Gasteiger partial charge is 0.416 e. The predicted molar refractivity (Wildman–Crippen MR) is 109 cm³/mol. The molecule has 5 nitrogen and oxygen atoms in total. The van der Waals surface area contributed by atoms with Gasteiger partial charge in [0.2, 0.25) is 5.91 Å². The van der Waals surface area contributed by atoms with Gasteiger partial charge in [-0.3, -0.25) is 9.69 Å². The van der Waals surface area contributed by atoms with Crippen molar-refractivity contribution in [1.82, 2.24) is 10.2 Å². The molecule has 0 radical (unpaired) electrons. The number of benzene rings is 2. The molecule has 1 saturated heterocycles. The van der Waals surface area contributed by atoms with Crippen LogP contribution < -0.4 is 10.6 Å². The third-order valence-corrected chi connectivity index (χ3v) is 4.86. The first kappa shape index (κ1) is 22.1. The zero-order chi connectivity index (χ0) is 21.6. The lowest BCUT2D eigenvalue weighted by Gasteiger charge is -2.31. The van der Waals surface area contributed by atoms with Gasteiger partial charge in [0.25, 0.3) is 0 Å². The van der Waals surface area contributed by atoms with Crippen LogP contribution in [0.15, 0.2) is 48.5 Å². The number of amides is 1. The summed E-state index contributed by atoms with van der Waals surface area (Å²) in [4.78, 5) is 14.4. The standard InChI is InChI=1S/C22H26F3N3O2/c1-16-14-28(8-9-30-16)15-18-5-2-4-17(10-18)12-27-21(29)13-26-20-7-3-6-19(11-20)22(23,24)25/h2-7,10-11,16,26H,8-9,12-15H2,1H3,(H,27,29). The second-order valence-corrected chi connectivity index (χ2v) is 7.45. The fourth-order valence-corrected chi connectivity index (χ4v) is 3.38. The number of halogens is 3. The van der Waals surface area contributed by atoms with E-state index in [4.69, 9.17) is 4.74 Å². The van der Waals surface area contributed by atoms with Crippen LogP contribution in [0.2, 0.25) is 0 Å². The Balaban J connectivity index is 1.47. The van der Waals surface area contributed by atoms with Crippen molar-refractivity contribution in [2.24, 2.45) is 0 Å². The van der Waals surface area contributed by atoms with E-state index in [-0.39, 0.29) is 24.2 Å². The summed E-state index contributed by atoms with van der Waals surface area (Å²) in [6.07, 6.45) is -4.19. The van der Waals surface area contributed by atoms with Crippen LogP contribution >= 0.6 is 0 Å². The number of nitrogens with one attached hydrogen (secondary N) is 2. The molecule has 2 aromatic rings. The Morgan fingerprint density at radius 3 is 2.70 bits per heavy atom. The van der Waals surface area contributed by atoms with Gasteiger partial charge in [0, 0.05) is 31.9 Å². The van der Waals surface area contributed by atoms with E-state index in [2.05, 4.69) is 34.6 Å². The van der Waals surface area contributed by atoms with E-state index in [9.17, 15) is 18.0 Å². The van der Waals surface area contributed by atoms with Crippen LogP contribution in [-0.4, -0.2) is 43.2 Å². The summed E-state index contributed by atoms with van der Waals surface area (Å²) in [5.74, 6) is -0.292. The van der Waals surface area contributed by atoms with Gasteiger partial charge >= 0.3 is 6.18 Å². The van der Waals surface area contributed by atoms with Crippen LogP contribution in [0.5, 0.6) is 0 Å². The Bertz CT molecular complexity index is 858. The van der Waals surface area contributed by atoms with E-state index in [1.807, 2.05) is 12.1 Å². The quantitative estimate of drug-likeness (QED) is 0.717. The molecule has 1 unspecified atom stereocenters. The van der Waals surface area contributed by atoms with Gasteiger partial charge in [0.05, 0.1) is 24.8 Å². The summed E-state index contributed by atoms with van der Waals surface area (Å²) in [6, 6.07) is 12.8. The van der Waals surface area contributed by atoms with Gasteiger partial charge in [-0.2, -0.15) is 13.2 Å². The first-order valence-electron chi connectivity index (χ1n) is 9.89. The maximum Gasteiger partial charge on any atom is 0.416 e. The summed E-state index contributed by atoms with van der Waals surface area (Å²) in [5.41, 5.74) is 1.64. The van der Waals surface area contributed by atoms with Crippen LogP contribution in [-0.2, 0) is 28.8 Å². The molecule has 1 aliphatic heterocycles. The van der Waals surface area contributed by atoms with Crippen LogP contribution in [0.4, 0.5) is 18.9 Å². The monoisotopic (exact) mass is 421 g/mol. The maximum absolute atomic E-state index is 12.8. The second kappa shape index (κ2) is 9.95. The molecule has 1 atom stereocenters. The van der Waals surface area contributed by atoms with E-state index in [1.165, 1.54) is 12.1 Å². The first-order valence-corrected chi connectivity index (χ1v) is 9.89. The smallest absolute Gasteiger partial charge is 0.376 e. The van der Waals surface area contributed by atoms with Crippen LogP contribution in [0, 0.1) is 0 Å². The number of hydrogen-bond acceptors (Lipinski definition) is 4. The molecule has 0 saturated carbocycles. The number of alkyl halides is 3. The number of nitrogens with zero attached hydrogens (tertiary/aromatic N) is 1. The summed E-state index contributed by atoms with van der Waals surface area (Å²) in [5, 5.41) is 5.53. The van der Waals surface area contributed by atoms with E-state index in [1.54, 1.807) is 0 Å². The van der Waals surface area contributed by atoms with Crippen LogP contribution in [0.25, 0.3) is 0 Å². The van der Waals surface area contributed by atoms with Crippen LogP contribution in [0.1, 0.15) is 23.6 Å². The van der Waals surface area contributed by atoms with Gasteiger partial charge in [-0.05, 0) is 36.2 Å². The molecule has 1 aliphatic rings. The molecule has 8 heteroatoms. The van der Waals surface area contributed by atoms with Crippen molar-refractivity contribution < 1.29 is 22.7 Å². The Morgan fingerprint density at radius 1 is 1.17 bits per heavy atom. The summed E-state index contributed by atoms with van der Waals surface area (Å²) >= 11 is 0. The lowest BCUT2D eigenvalue weighted by Crippen LogP contribution is -2.40. The minimum Gasteiger partial charge on any atom is -0.376 e. The predicted octanol–water partition coefficient (Wildman–Crippen LogP) is 3.65. The number of carbonyl (C=O) groups excluding carboxylic acids is 1. The Hall–Kier alpha value is -2.58. The van der Waals surface area contributed by atoms with Crippen molar-refractivity contribution in [2.45, 2.75) is 32.3 Å². The van der Waals surface area contributed by atoms with Gasteiger partial charge in [-0.25, -0.2) is 0 Å². The number of morpholine rings is 1. The topological polar surface area (TPSA) is 53.6 Å². The fourth-order valence-electron chi connectivity index (χ4n) is 3.38. The fraction of sp³-hybridized carbons (Fsp3) is 0.409. The molecule has 0 bridgehead atoms. The van der Waals surface area contributed by atoms with E-state index in [0.717, 1.165) is 49.5 Å².